The van der Waals surface area contributed by atoms with Crippen molar-refractivity contribution in [2.75, 3.05) is 50.0 Å². The number of morpholine rings is 1. The number of amides is 1. The van der Waals surface area contributed by atoms with Crippen LogP contribution < -0.4 is 4.90 Å². The fraction of sp³-hybridized carbons (Fsp3) is 0.440. The van der Waals surface area contributed by atoms with Crippen molar-refractivity contribution in [2.45, 2.75) is 32.1 Å². The number of ether oxygens (including phenoxy) is 1. The Morgan fingerprint density at radius 2 is 1.94 bits per heavy atom. The quantitative estimate of drug-likeness (QED) is 0.414. The molecule has 0 unspecified atom stereocenters. The molecule has 1 aliphatic rings. The zero-order chi connectivity index (χ0) is 22.5. The third-order valence-electron chi connectivity index (χ3n) is 5.85. The highest BCUT2D eigenvalue weighted by Crippen LogP contribution is 2.33. The number of hydrogen-bond acceptors (Lipinski definition) is 6. The number of fused-ring (bicyclic) bond motifs is 1. The Hall–Kier alpha value is -1.93. The Balaban J connectivity index is 1.62. The maximum atomic E-state index is 13.8. The first-order chi connectivity index (χ1) is 15.6. The van der Waals surface area contributed by atoms with Gasteiger partial charge < -0.3 is 4.74 Å². The Labute approximate surface area is 198 Å². The summed E-state index contributed by atoms with van der Waals surface area (Å²) < 4.78 is 6.59. The average Bonchev–Trinajstić information content (AvgIpc) is 3.20. The van der Waals surface area contributed by atoms with Gasteiger partial charge in [-0.15, -0.1) is 11.8 Å². The number of thiazole rings is 1. The number of benzene rings is 2. The molecule has 32 heavy (non-hydrogen) atoms. The van der Waals surface area contributed by atoms with Gasteiger partial charge in [-0.05, 0) is 61.4 Å². The van der Waals surface area contributed by atoms with Crippen LogP contribution in [-0.4, -0.2) is 60.9 Å². The van der Waals surface area contributed by atoms with Gasteiger partial charge >= 0.3 is 0 Å². The van der Waals surface area contributed by atoms with Crippen LogP contribution in [-0.2, 0) is 4.74 Å². The molecule has 1 saturated heterocycles. The second-order valence-electron chi connectivity index (χ2n) is 8.09. The summed E-state index contributed by atoms with van der Waals surface area (Å²) in [5, 5.41) is 0.785. The number of thioether (sulfide) groups is 1. The van der Waals surface area contributed by atoms with Crippen LogP contribution >= 0.6 is 23.1 Å². The Morgan fingerprint density at radius 1 is 1.19 bits per heavy atom. The van der Waals surface area contributed by atoms with Crippen molar-refractivity contribution in [2.24, 2.45) is 0 Å². The third kappa shape index (κ3) is 5.34. The summed E-state index contributed by atoms with van der Waals surface area (Å²) in [6.45, 7) is 11.5. The molecule has 1 aliphatic heterocycles. The summed E-state index contributed by atoms with van der Waals surface area (Å²) in [4.78, 5) is 24.0. The van der Waals surface area contributed by atoms with Crippen LogP contribution in [0.4, 0.5) is 5.13 Å². The molecule has 3 aromatic rings. The SMILES string of the molecule is CCSc1ccccc1C(=O)N(CCCN1CCOCC1)c1nc2cc(C)c(C)cc2s1. The number of nitrogens with zero attached hydrogens (tertiary/aromatic N) is 3. The zero-order valence-corrected chi connectivity index (χ0v) is 20.7. The summed E-state index contributed by atoms with van der Waals surface area (Å²) in [6, 6.07) is 12.2. The largest absolute Gasteiger partial charge is 0.379 e. The molecule has 0 atom stereocenters. The highest BCUT2D eigenvalue weighted by molar-refractivity contribution is 7.99. The molecule has 0 radical (unpaired) electrons. The molecular weight excluding hydrogens is 438 g/mol. The molecule has 0 spiro atoms. The number of aromatic nitrogens is 1. The molecule has 5 nitrogen and oxygen atoms in total. The molecule has 0 saturated carbocycles. The molecule has 0 bridgehead atoms. The van der Waals surface area contributed by atoms with Crippen LogP contribution in [0.3, 0.4) is 0 Å². The van der Waals surface area contributed by atoms with E-state index in [9.17, 15) is 4.79 Å². The molecule has 0 aliphatic carbocycles. The minimum absolute atomic E-state index is 0.0380. The molecule has 170 valence electrons. The Bertz CT molecular complexity index is 1040. The minimum atomic E-state index is 0.0380. The van der Waals surface area contributed by atoms with Gasteiger partial charge in [0.15, 0.2) is 5.13 Å². The van der Waals surface area contributed by atoms with E-state index in [-0.39, 0.29) is 5.91 Å². The predicted molar refractivity (Wildman–Crippen MR) is 135 cm³/mol. The summed E-state index contributed by atoms with van der Waals surface area (Å²) in [6.07, 6.45) is 0.906. The normalized spacial score (nSPS) is 14.7. The zero-order valence-electron chi connectivity index (χ0n) is 19.1. The van der Waals surface area contributed by atoms with Gasteiger partial charge in [0.2, 0.25) is 0 Å². The van der Waals surface area contributed by atoms with Crippen LogP contribution in [0.2, 0.25) is 0 Å². The molecule has 7 heteroatoms. The van der Waals surface area contributed by atoms with Gasteiger partial charge in [-0.25, -0.2) is 4.98 Å². The van der Waals surface area contributed by atoms with Crippen LogP contribution in [0.25, 0.3) is 10.2 Å². The van der Waals surface area contributed by atoms with E-state index in [2.05, 4.69) is 37.8 Å². The van der Waals surface area contributed by atoms with Crippen molar-refractivity contribution in [3.63, 3.8) is 0 Å². The Kier molecular flexibility index (Phi) is 7.84. The second kappa shape index (κ2) is 10.8. The first-order valence-electron chi connectivity index (χ1n) is 11.3. The third-order valence-corrected chi connectivity index (χ3v) is 7.84. The van der Waals surface area contributed by atoms with E-state index >= 15 is 0 Å². The van der Waals surface area contributed by atoms with Crippen LogP contribution in [0.15, 0.2) is 41.3 Å². The number of anilines is 1. The van der Waals surface area contributed by atoms with E-state index in [0.717, 1.165) is 70.8 Å². The van der Waals surface area contributed by atoms with Gasteiger partial charge in [0.05, 0.1) is 29.0 Å². The second-order valence-corrected chi connectivity index (χ2v) is 10.4. The number of hydrogen-bond donors (Lipinski definition) is 0. The fourth-order valence-corrected chi connectivity index (χ4v) is 5.78. The van der Waals surface area contributed by atoms with Crippen molar-refractivity contribution in [3.05, 3.63) is 53.1 Å². The number of carbonyl (C=O) groups excluding carboxylic acids is 1. The maximum Gasteiger partial charge on any atom is 0.261 e. The summed E-state index contributed by atoms with van der Waals surface area (Å²) in [7, 11) is 0. The van der Waals surface area contributed by atoms with Gasteiger partial charge in [0.1, 0.15) is 0 Å². The van der Waals surface area contributed by atoms with Crippen LogP contribution in [0, 0.1) is 13.8 Å². The summed E-state index contributed by atoms with van der Waals surface area (Å²) in [5.74, 6) is 0.970. The van der Waals surface area contributed by atoms with E-state index in [1.807, 2.05) is 29.2 Å². The van der Waals surface area contributed by atoms with Crippen LogP contribution in [0.5, 0.6) is 0 Å². The number of carbonyl (C=O) groups is 1. The average molecular weight is 470 g/mol. The van der Waals surface area contributed by atoms with E-state index in [1.54, 1.807) is 23.1 Å². The van der Waals surface area contributed by atoms with Gasteiger partial charge in [-0.3, -0.25) is 14.6 Å². The molecule has 4 rings (SSSR count). The predicted octanol–water partition coefficient (Wildman–Crippen LogP) is 5.39. The summed E-state index contributed by atoms with van der Waals surface area (Å²) in [5.41, 5.74) is 4.21. The first-order valence-corrected chi connectivity index (χ1v) is 13.1. The topological polar surface area (TPSA) is 45.7 Å². The lowest BCUT2D eigenvalue weighted by atomic mass is 10.1. The van der Waals surface area contributed by atoms with Crippen molar-refractivity contribution in [1.29, 1.82) is 0 Å². The van der Waals surface area contributed by atoms with Crippen molar-refractivity contribution in [3.8, 4) is 0 Å². The van der Waals surface area contributed by atoms with Gasteiger partial charge in [-0.1, -0.05) is 30.4 Å². The van der Waals surface area contributed by atoms with Crippen molar-refractivity contribution < 1.29 is 9.53 Å². The number of aryl methyl sites for hydroxylation is 2. The molecule has 2 heterocycles. The van der Waals surface area contributed by atoms with E-state index in [0.29, 0.717) is 6.54 Å². The molecule has 1 aromatic heterocycles. The van der Waals surface area contributed by atoms with Crippen molar-refractivity contribution in [1.82, 2.24) is 9.88 Å². The summed E-state index contributed by atoms with van der Waals surface area (Å²) >= 11 is 3.32. The molecule has 2 aromatic carbocycles. The van der Waals surface area contributed by atoms with Crippen molar-refractivity contribution >= 4 is 44.4 Å². The number of rotatable bonds is 8. The minimum Gasteiger partial charge on any atom is -0.379 e. The standard InChI is InChI=1S/C25H31N3O2S2/c1-4-31-22-9-6-5-8-20(22)24(29)28(11-7-10-27-12-14-30-15-13-27)25-26-21-16-18(2)19(3)17-23(21)32-25/h5-6,8-9,16-17H,4,7,10-15H2,1-3H3. The highest BCUT2D eigenvalue weighted by Gasteiger charge is 2.24. The highest BCUT2D eigenvalue weighted by atomic mass is 32.2. The van der Waals surface area contributed by atoms with Gasteiger partial charge in [0, 0.05) is 31.1 Å². The molecule has 0 N–H and O–H groups in total. The van der Waals surface area contributed by atoms with E-state index in [1.165, 1.54) is 11.1 Å². The first kappa shape index (κ1) is 23.2. The fourth-order valence-electron chi connectivity index (χ4n) is 3.91. The lowest BCUT2D eigenvalue weighted by Crippen LogP contribution is -2.39. The monoisotopic (exact) mass is 469 g/mol. The van der Waals surface area contributed by atoms with E-state index < -0.39 is 0 Å². The van der Waals surface area contributed by atoms with E-state index in [4.69, 9.17) is 9.72 Å². The van der Waals surface area contributed by atoms with Crippen LogP contribution in [0.1, 0.15) is 34.8 Å². The molecule has 1 amide bonds. The smallest absolute Gasteiger partial charge is 0.261 e. The lowest BCUT2D eigenvalue weighted by molar-refractivity contribution is 0.0376. The maximum absolute atomic E-state index is 13.8. The lowest BCUT2D eigenvalue weighted by Gasteiger charge is -2.28. The molecule has 1 fully saturated rings. The van der Waals surface area contributed by atoms with Gasteiger partial charge in [0.25, 0.3) is 5.91 Å². The van der Waals surface area contributed by atoms with Gasteiger partial charge in [-0.2, -0.15) is 0 Å². The molecular formula is C25H31N3O2S2. The Morgan fingerprint density at radius 3 is 2.72 bits per heavy atom.